The molecule has 0 saturated heterocycles. The van der Waals surface area contributed by atoms with E-state index in [1.807, 2.05) is 13.8 Å². The molecular formula is C19H28O4. The molecule has 4 nitrogen and oxygen atoms in total. The molecule has 0 aromatic rings. The van der Waals surface area contributed by atoms with Crippen molar-refractivity contribution in [3.05, 3.63) is 11.3 Å². The van der Waals surface area contributed by atoms with Gasteiger partial charge in [0.05, 0.1) is 5.41 Å². The van der Waals surface area contributed by atoms with Gasteiger partial charge >= 0.3 is 5.97 Å². The minimum absolute atomic E-state index is 0.0143. The Bertz CT molecular complexity index is 606. The van der Waals surface area contributed by atoms with Gasteiger partial charge in [-0.15, -0.1) is 0 Å². The predicted octanol–water partition coefficient (Wildman–Crippen LogP) is 4.10. The highest BCUT2D eigenvalue weighted by molar-refractivity contribution is 5.95. The van der Waals surface area contributed by atoms with E-state index in [9.17, 15) is 19.8 Å². The lowest BCUT2D eigenvalue weighted by molar-refractivity contribution is -0.162. The summed E-state index contributed by atoms with van der Waals surface area (Å²) in [5, 5.41) is 19.7. The van der Waals surface area contributed by atoms with Crippen LogP contribution in [-0.4, -0.2) is 22.0 Å². The molecule has 4 heteroatoms. The van der Waals surface area contributed by atoms with Crippen LogP contribution in [0.2, 0.25) is 0 Å². The number of allylic oxidation sites excluding steroid dienone is 2. The smallest absolute Gasteiger partial charge is 0.309 e. The molecule has 0 radical (unpaired) electrons. The van der Waals surface area contributed by atoms with Gasteiger partial charge in [-0.05, 0) is 74.2 Å². The van der Waals surface area contributed by atoms with Crippen LogP contribution in [0.1, 0.15) is 66.2 Å². The lowest BCUT2D eigenvalue weighted by Crippen LogP contribution is -2.56. The summed E-state index contributed by atoms with van der Waals surface area (Å²) in [4.78, 5) is 23.9. The van der Waals surface area contributed by atoms with Crippen LogP contribution in [0.5, 0.6) is 0 Å². The zero-order valence-electron chi connectivity index (χ0n) is 14.6. The number of carbonyl (C=O) groups is 2. The molecule has 0 bridgehead atoms. The molecule has 5 atom stereocenters. The highest BCUT2D eigenvalue weighted by Gasteiger charge is 2.60. The highest BCUT2D eigenvalue weighted by atomic mass is 16.4. The number of aliphatic hydroxyl groups is 1. The molecule has 0 spiro atoms. The van der Waals surface area contributed by atoms with E-state index in [2.05, 4.69) is 13.8 Å². The Hall–Kier alpha value is -1.32. The lowest BCUT2D eigenvalue weighted by Gasteiger charge is -2.61. The Kier molecular flexibility index (Phi) is 3.48. The van der Waals surface area contributed by atoms with Gasteiger partial charge in [-0.3, -0.25) is 9.59 Å². The Balaban J connectivity index is 1.99. The van der Waals surface area contributed by atoms with Crippen LogP contribution in [-0.2, 0) is 9.59 Å². The predicted molar refractivity (Wildman–Crippen MR) is 87.0 cm³/mol. The van der Waals surface area contributed by atoms with Gasteiger partial charge in [0.2, 0.25) is 0 Å². The zero-order valence-corrected chi connectivity index (χ0v) is 14.6. The van der Waals surface area contributed by atoms with E-state index >= 15 is 0 Å². The Morgan fingerprint density at radius 3 is 2.43 bits per heavy atom. The molecule has 3 aliphatic rings. The molecule has 2 N–H and O–H groups in total. The average molecular weight is 320 g/mol. The third-order valence-corrected chi connectivity index (χ3v) is 7.80. The summed E-state index contributed by atoms with van der Waals surface area (Å²) in [5.41, 5.74) is 0.0497. The van der Waals surface area contributed by atoms with Gasteiger partial charge in [-0.25, -0.2) is 0 Å². The molecule has 3 rings (SSSR count). The number of ketones is 1. The maximum Gasteiger partial charge on any atom is 0.309 e. The van der Waals surface area contributed by atoms with Crippen LogP contribution in [0.3, 0.4) is 0 Å². The number of Topliss-reactive ketones (excluding diaryl/α,β-unsaturated/α-hetero) is 1. The number of carboxylic acids is 1. The molecule has 0 amide bonds. The van der Waals surface area contributed by atoms with E-state index in [1.165, 1.54) is 0 Å². The fourth-order valence-electron chi connectivity index (χ4n) is 5.76. The Morgan fingerprint density at radius 1 is 1.17 bits per heavy atom. The number of fused-ring (bicyclic) bond motifs is 3. The Labute approximate surface area is 138 Å². The summed E-state index contributed by atoms with van der Waals surface area (Å²) in [7, 11) is 0. The minimum atomic E-state index is -0.693. The topological polar surface area (TPSA) is 74.6 Å². The van der Waals surface area contributed by atoms with E-state index in [-0.39, 0.29) is 28.3 Å². The second-order valence-electron chi connectivity index (χ2n) is 8.88. The second kappa shape index (κ2) is 4.84. The number of hydrogen-bond donors (Lipinski definition) is 2. The number of carbonyl (C=O) groups excluding carboxylic acids is 1. The quantitative estimate of drug-likeness (QED) is 0.762. The van der Waals surface area contributed by atoms with Crippen LogP contribution in [0.25, 0.3) is 0 Å². The van der Waals surface area contributed by atoms with Gasteiger partial charge in [0.25, 0.3) is 0 Å². The van der Waals surface area contributed by atoms with Gasteiger partial charge in [0, 0.05) is 6.42 Å². The fourth-order valence-corrected chi connectivity index (χ4v) is 5.76. The molecule has 0 aliphatic heterocycles. The maximum absolute atomic E-state index is 12.3. The van der Waals surface area contributed by atoms with Crippen LogP contribution >= 0.6 is 0 Å². The molecular weight excluding hydrogens is 292 g/mol. The SMILES string of the molecule is CC1=C(O)C(=O)CC2C1(C)CCC1CC(C)(C(=O)O)CCC12C. The zero-order chi connectivity index (χ0) is 17.2. The van der Waals surface area contributed by atoms with Crippen LogP contribution in [0.15, 0.2) is 11.3 Å². The normalized spacial score (nSPS) is 47.0. The molecule has 128 valence electrons. The van der Waals surface area contributed by atoms with Crippen molar-refractivity contribution in [3.8, 4) is 0 Å². The third kappa shape index (κ3) is 2.10. The first-order valence-corrected chi connectivity index (χ1v) is 8.71. The summed E-state index contributed by atoms with van der Waals surface area (Å²) in [5.74, 6) is -0.316. The van der Waals surface area contributed by atoms with Crippen molar-refractivity contribution in [1.29, 1.82) is 0 Å². The number of aliphatic hydroxyl groups excluding tert-OH is 1. The fraction of sp³-hybridized carbons (Fsp3) is 0.789. The third-order valence-electron chi connectivity index (χ3n) is 7.80. The van der Waals surface area contributed by atoms with Crippen molar-refractivity contribution < 1.29 is 19.8 Å². The van der Waals surface area contributed by atoms with E-state index in [0.29, 0.717) is 25.2 Å². The molecule has 2 fully saturated rings. The van der Waals surface area contributed by atoms with Crippen molar-refractivity contribution in [3.63, 3.8) is 0 Å². The molecule has 0 aromatic heterocycles. The van der Waals surface area contributed by atoms with Crippen molar-refractivity contribution in [2.75, 3.05) is 0 Å². The lowest BCUT2D eigenvalue weighted by atomic mass is 9.42. The average Bonchev–Trinajstić information content (AvgIpc) is 2.49. The van der Waals surface area contributed by atoms with Gasteiger partial charge < -0.3 is 10.2 Å². The van der Waals surface area contributed by atoms with Crippen LogP contribution in [0, 0.1) is 28.1 Å². The van der Waals surface area contributed by atoms with E-state index in [4.69, 9.17) is 0 Å². The molecule has 23 heavy (non-hydrogen) atoms. The van der Waals surface area contributed by atoms with Crippen molar-refractivity contribution in [2.24, 2.45) is 28.1 Å². The molecule has 5 unspecified atom stereocenters. The highest BCUT2D eigenvalue weighted by Crippen LogP contribution is 2.66. The van der Waals surface area contributed by atoms with Crippen LogP contribution in [0.4, 0.5) is 0 Å². The van der Waals surface area contributed by atoms with E-state index in [0.717, 1.165) is 24.8 Å². The van der Waals surface area contributed by atoms with Gasteiger partial charge in [-0.1, -0.05) is 13.8 Å². The largest absolute Gasteiger partial charge is 0.504 e. The first kappa shape index (κ1) is 16.5. The van der Waals surface area contributed by atoms with Crippen molar-refractivity contribution in [1.82, 2.24) is 0 Å². The second-order valence-corrected chi connectivity index (χ2v) is 8.88. The van der Waals surface area contributed by atoms with Crippen molar-refractivity contribution >= 4 is 11.8 Å². The summed E-state index contributed by atoms with van der Waals surface area (Å²) >= 11 is 0. The molecule has 0 heterocycles. The van der Waals surface area contributed by atoms with Crippen molar-refractivity contribution in [2.45, 2.75) is 66.2 Å². The van der Waals surface area contributed by atoms with Gasteiger partial charge in [-0.2, -0.15) is 0 Å². The number of hydrogen-bond acceptors (Lipinski definition) is 3. The standard InChI is InChI=1S/C19H28O4/c1-11-15(21)13(20)9-14-18(11,3)6-5-12-10-17(2,16(22)23)7-8-19(12,14)4/h12,14,21H,5-10H2,1-4H3,(H,22,23). The summed E-state index contributed by atoms with van der Waals surface area (Å²) < 4.78 is 0. The van der Waals surface area contributed by atoms with Gasteiger partial charge in [0.1, 0.15) is 0 Å². The monoisotopic (exact) mass is 320 g/mol. The molecule has 2 saturated carbocycles. The Morgan fingerprint density at radius 2 is 1.83 bits per heavy atom. The minimum Gasteiger partial charge on any atom is -0.504 e. The first-order valence-electron chi connectivity index (χ1n) is 8.71. The molecule has 0 aromatic carbocycles. The summed E-state index contributed by atoms with van der Waals surface area (Å²) in [6, 6.07) is 0. The number of aliphatic carboxylic acids is 1. The number of carboxylic acid groups (broad SMARTS) is 1. The maximum atomic E-state index is 12.3. The summed E-state index contributed by atoms with van der Waals surface area (Å²) in [6.07, 6.45) is 4.53. The first-order chi connectivity index (χ1) is 10.5. The summed E-state index contributed by atoms with van der Waals surface area (Å²) in [6.45, 7) is 8.20. The van der Waals surface area contributed by atoms with Gasteiger partial charge in [0.15, 0.2) is 11.5 Å². The van der Waals surface area contributed by atoms with E-state index < -0.39 is 11.4 Å². The van der Waals surface area contributed by atoms with Crippen LogP contribution < -0.4 is 0 Å². The number of rotatable bonds is 1. The van der Waals surface area contributed by atoms with E-state index in [1.54, 1.807) is 0 Å². The molecule has 3 aliphatic carbocycles.